The fourth-order valence-electron chi connectivity index (χ4n) is 2.86. The average Bonchev–Trinajstić information content (AvgIpc) is 2.64. The largest absolute Gasteiger partial charge is 0.478 e. The number of aryl methyl sites for hydroxylation is 3. The zero-order valence-corrected chi connectivity index (χ0v) is 14.5. The van der Waals surface area contributed by atoms with Gasteiger partial charge in [-0.05, 0) is 61.2 Å². The van der Waals surface area contributed by atoms with Gasteiger partial charge in [-0.15, -0.1) is 0 Å². The summed E-state index contributed by atoms with van der Waals surface area (Å²) < 4.78 is 4.72. The molecule has 0 saturated heterocycles. The number of methoxy groups -OCH3 is 1. The van der Waals surface area contributed by atoms with E-state index >= 15 is 0 Å². The summed E-state index contributed by atoms with van der Waals surface area (Å²) in [6, 6.07) is 8.82. The number of fused-ring (bicyclic) bond motifs is 1. The molecular weight excluding hydrogens is 332 g/mol. The van der Waals surface area contributed by atoms with Crippen molar-refractivity contribution >= 4 is 22.8 Å². The van der Waals surface area contributed by atoms with Gasteiger partial charge in [-0.25, -0.2) is 9.59 Å². The number of carbonyl (C=O) groups is 2. The molecule has 132 valence electrons. The third kappa shape index (κ3) is 3.69. The van der Waals surface area contributed by atoms with Crippen molar-refractivity contribution in [3.63, 3.8) is 0 Å². The molecule has 0 unspecified atom stereocenters. The van der Waals surface area contributed by atoms with Crippen molar-refractivity contribution in [3.8, 4) is 0 Å². The van der Waals surface area contributed by atoms with E-state index in [1.165, 1.54) is 7.11 Å². The van der Waals surface area contributed by atoms with E-state index in [4.69, 9.17) is 4.74 Å². The molecule has 0 radical (unpaired) electrons. The van der Waals surface area contributed by atoms with E-state index < -0.39 is 11.9 Å². The van der Waals surface area contributed by atoms with Gasteiger partial charge < -0.3 is 9.84 Å². The van der Waals surface area contributed by atoms with Crippen LogP contribution in [0.15, 0.2) is 42.7 Å². The molecule has 0 amide bonds. The lowest BCUT2D eigenvalue weighted by molar-refractivity contribution is 0.0599. The molecule has 3 aromatic rings. The minimum absolute atomic E-state index is 0.189. The number of carboxylic acids is 1. The summed E-state index contributed by atoms with van der Waals surface area (Å²) in [5.74, 6) is -1.41. The Bertz CT molecular complexity index is 998. The molecule has 0 fully saturated rings. The minimum atomic E-state index is -1.00. The van der Waals surface area contributed by atoms with Crippen molar-refractivity contribution in [2.45, 2.75) is 19.8 Å². The number of rotatable bonds is 5. The fraction of sp³-hybridized carbons (Fsp3) is 0.200. The molecule has 0 spiro atoms. The number of pyridine rings is 2. The number of esters is 1. The van der Waals surface area contributed by atoms with Gasteiger partial charge in [0.15, 0.2) is 0 Å². The van der Waals surface area contributed by atoms with Crippen molar-refractivity contribution in [1.82, 2.24) is 9.97 Å². The van der Waals surface area contributed by atoms with E-state index in [0.29, 0.717) is 23.9 Å². The van der Waals surface area contributed by atoms with Crippen LogP contribution in [0.3, 0.4) is 0 Å². The zero-order chi connectivity index (χ0) is 18.7. The van der Waals surface area contributed by atoms with Gasteiger partial charge >= 0.3 is 11.9 Å². The Morgan fingerprint density at radius 2 is 1.92 bits per heavy atom. The molecule has 0 atom stereocenters. The summed E-state index contributed by atoms with van der Waals surface area (Å²) in [5.41, 5.74) is 3.71. The number of nitrogens with zero attached hydrogens (tertiary/aromatic N) is 2. The van der Waals surface area contributed by atoms with E-state index in [1.807, 2.05) is 19.1 Å². The number of carbonyl (C=O) groups excluding carboxylic acids is 1. The molecule has 0 aliphatic heterocycles. The topological polar surface area (TPSA) is 89.4 Å². The molecule has 26 heavy (non-hydrogen) atoms. The average molecular weight is 350 g/mol. The van der Waals surface area contributed by atoms with Gasteiger partial charge in [0.05, 0.1) is 23.8 Å². The summed E-state index contributed by atoms with van der Waals surface area (Å²) in [4.78, 5) is 31.7. The number of aromatic nitrogens is 2. The molecule has 0 saturated carbocycles. The summed E-state index contributed by atoms with van der Waals surface area (Å²) in [5, 5.41) is 10.3. The second kappa shape index (κ2) is 7.31. The maximum atomic E-state index is 11.6. The molecule has 0 aliphatic rings. The molecule has 2 aromatic heterocycles. The molecular formula is C20H18N2O4. The number of benzene rings is 1. The molecule has 6 nitrogen and oxygen atoms in total. The van der Waals surface area contributed by atoms with E-state index in [1.54, 1.807) is 30.6 Å². The molecule has 3 rings (SSSR count). The monoisotopic (exact) mass is 350 g/mol. The van der Waals surface area contributed by atoms with Crippen molar-refractivity contribution in [2.75, 3.05) is 7.11 Å². The van der Waals surface area contributed by atoms with E-state index in [9.17, 15) is 14.7 Å². The van der Waals surface area contributed by atoms with Crippen molar-refractivity contribution in [1.29, 1.82) is 0 Å². The predicted octanol–water partition coefficient (Wildman–Crippen LogP) is 3.21. The predicted molar refractivity (Wildman–Crippen MR) is 96.4 cm³/mol. The zero-order valence-electron chi connectivity index (χ0n) is 14.5. The maximum absolute atomic E-state index is 11.6. The van der Waals surface area contributed by atoms with Gasteiger partial charge in [-0.2, -0.15) is 0 Å². The van der Waals surface area contributed by atoms with Gasteiger partial charge in [0, 0.05) is 23.5 Å². The van der Waals surface area contributed by atoms with Crippen molar-refractivity contribution in [3.05, 3.63) is 70.7 Å². The highest BCUT2D eigenvalue weighted by Crippen LogP contribution is 2.21. The van der Waals surface area contributed by atoms with Crippen LogP contribution in [0.5, 0.6) is 0 Å². The summed E-state index contributed by atoms with van der Waals surface area (Å²) in [6.45, 7) is 1.92. The van der Waals surface area contributed by atoms with Crippen LogP contribution >= 0.6 is 0 Å². The highest BCUT2D eigenvalue weighted by Gasteiger charge is 2.13. The normalized spacial score (nSPS) is 10.7. The van der Waals surface area contributed by atoms with Crippen molar-refractivity contribution in [2.24, 2.45) is 0 Å². The Kier molecular flexibility index (Phi) is 4.93. The van der Waals surface area contributed by atoms with Gasteiger partial charge in [-0.3, -0.25) is 9.97 Å². The Labute approximate surface area is 150 Å². The summed E-state index contributed by atoms with van der Waals surface area (Å²) >= 11 is 0. The standard InChI is InChI=1S/C20H18N2O4/c1-12-7-15-8-13(9-17(19(23)24)18(15)22-11-12)3-4-16-10-14(5-6-21-16)20(25)26-2/h5-11H,3-4H2,1-2H3,(H,23,24). The van der Waals surface area contributed by atoms with Crippen LogP contribution in [0.25, 0.3) is 10.9 Å². The van der Waals surface area contributed by atoms with E-state index in [-0.39, 0.29) is 5.56 Å². The van der Waals surface area contributed by atoms with Crippen LogP contribution in [0.1, 0.15) is 37.5 Å². The lowest BCUT2D eigenvalue weighted by atomic mass is 10.00. The Morgan fingerprint density at radius 3 is 2.65 bits per heavy atom. The minimum Gasteiger partial charge on any atom is -0.478 e. The smallest absolute Gasteiger partial charge is 0.337 e. The van der Waals surface area contributed by atoms with Gasteiger partial charge in [0.25, 0.3) is 0 Å². The first-order chi connectivity index (χ1) is 12.5. The third-order valence-corrected chi connectivity index (χ3v) is 4.12. The molecule has 0 bridgehead atoms. The van der Waals surface area contributed by atoms with Crippen molar-refractivity contribution < 1.29 is 19.4 Å². The number of ether oxygens (including phenoxy) is 1. The Morgan fingerprint density at radius 1 is 1.12 bits per heavy atom. The molecule has 1 N–H and O–H groups in total. The van der Waals surface area contributed by atoms with Gasteiger partial charge in [0.1, 0.15) is 0 Å². The molecule has 0 aliphatic carbocycles. The van der Waals surface area contributed by atoms with Crippen LogP contribution in [0, 0.1) is 6.92 Å². The van der Waals surface area contributed by atoms with Crippen LogP contribution in [0.2, 0.25) is 0 Å². The Balaban J connectivity index is 1.89. The highest BCUT2D eigenvalue weighted by atomic mass is 16.5. The molecule has 6 heteroatoms. The van der Waals surface area contributed by atoms with Crippen LogP contribution in [-0.4, -0.2) is 34.1 Å². The molecule has 2 heterocycles. The number of hydrogen-bond acceptors (Lipinski definition) is 5. The first-order valence-electron chi connectivity index (χ1n) is 8.14. The third-order valence-electron chi connectivity index (χ3n) is 4.12. The summed E-state index contributed by atoms with van der Waals surface area (Å²) in [7, 11) is 1.33. The lowest BCUT2D eigenvalue weighted by Gasteiger charge is -2.08. The van der Waals surface area contributed by atoms with E-state index in [2.05, 4.69) is 9.97 Å². The Hall–Kier alpha value is -3.28. The first kappa shape index (κ1) is 17.5. The molecule has 1 aromatic carbocycles. The number of hydrogen-bond donors (Lipinski definition) is 1. The van der Waals surface area contributed by atoms with Gasteiger partial charge in [-0.1, -0.05) is 0 Å². The fourth-order valence-corrected chi connectivity index (χ4v) is 2.86. The maximum Gasteiger partial charge on any atom is 0.337 e. The number of aromatic carboxylic acids is 1. The quantitative estimate of drug-likeness (QED) is 0.711. The highest BCUT2D eigenvalue weighted by molar-refractivity contribution is 6.02. The SMILES string of the molecule is COC(=O)c1ccnc(CCc2cc(C(=O)O)c3ncc(C)cc3c2)c1. The van der Waals surface area contributed by atoms with Crippen LogP contribution in [0.4, 0.5) is 0 Å². The number of carboxylic acid groups (broad SMARTS) is 1. The summed E-state index contributed by atoms with van der Waals surface area (Å²) in [6.07, 6.45) is 4.41. The lowest BCUT2D eigenvalue weighted by Crippen LogP contribution is -2.04. The second-order valence-electron chi connectivity index (χ2n) is 6.06. The van der Waals surface area contributed by atoms with Crippen LogP contribution in [-0.2, 0) is 17.6 Å². The van der Waals surface area contributed by atoms with Gasteiger partial charge in [0.2, 0.25) is 0 Å². The first-order valence-corrected chi connectivity index (χ1v) is 8.14. The van der Waals surface area contributed by atoms with Crippen LogP contribution < -0.4 is 0 Å². The second-order valence-corrected chi connectivity index (χ2v) is 6.06. The van der Waals surface area contributed by atoms with E-state index in [0.717, 1.165) is 22.2 Å².